The Labute approximate surface area is 412 Å². The molecule has 26 nitrogen and oxygen atoms in total. The maximum absolute atomic E-state index is 9.55. The molecule has 2 unspecified atom stereocenters. The third kappa shape index (κ3) is 30.3. The highest BCUT2D eigenvalue weighted by Gasteiger charge is 2.29. The fraction of sp³-hybridized carbons (Fsp3) is 0.435. The van der Waals surface area contributed by atoms with E-state index in [0.717, 1.165) is 25.2 Å². The van der Waals surface area contributed by atoms with E-state index in [0.29, 0.717) is 60.8 Å². The predicted molar refractivity (Wildman–Crippen MR) is 251 cm³/mol. The molecule has 4 aliphatic rings. The second-order valence-corrected chi connectivity index (χ2v) is 15.2. The van der Waals surface area contributed by atoms with Gasteiger partial charge in [0.2, 0.25) is 0 Å². The van der Waals surface area contributed by atoms with Crippen LogP contribution in [0.5, 0.6) is 0 Å². The van der Waals surface area contributed by atoms with Crippen molar-refractivity contribution in [2.75, 3.05) is 26.2 Å². The van der Waals surface area contributed by atoms with E-state index in [2.05, 4.69) is 42.7 Å². The molecule has 0 saturated carbocycles. The van der Waals surface area contributed by atoms with Crippen molar-refractivity contribution in [3.05, 3.63) is 96.2 Å². The maximum Gasteiger partial charge on any atom is 0.328 e. The Hall–Kier alpha value is -8.26. The fourth-order valence-electron chi connectivity index (χ4n) is 7.17. The summed E-state index contributed by atoms with van der Waals surface area (Å²) in [5, 5.41) is 78.1. The minimum Gasteiger partial charge on any atom is -0.478 e. The number of nitrogens with zero attached hydrogens (tertiary/aromatic N) is 6. The average Bonchev–Trinajstić information content (AvgIpc) is 4.17. The number of aryl methyl sites for hydroxylation is 2. The summed E-state index contributed by atoms with van der Waals surface area (Å²) in [7, 11) is 0. The van der Waals surface area contributed by atoms with Gasteiger partial charge in [-0.3, -0.25) is 9.80 Å². The molecule has 26 heteroatoms. The van der Waals surface area contributed by atoms with E-state index < -0.39 is 59.7 Å². The number of rotatable bonds is 14. The van der Waals surface area contributed by atoms with Gasteiger partial charge in [-0.25, -0.2) is 57.9 Å². The first kappa shape index (κ1) is 63.7. The molecule has 2 atom stereocenters. The Bertz CT molecular complexity index is 1930. The lowest BCUT2D eigenvalue weighted by molar-refractivity contribution is -0.134. The van der Waals surface area contributed by atoms with Crippen molar-refractivity contribution in [1.29, 1.82) is 0 Å². The zero-order valence-electron chi connectivity index (χ0n) is 39.6. The lowest BCUT2D eigenvalue weighted by Crippen LogP contribution is -2.37. The van der Waals surface area contributed by atoms with Crippen molar-refractivity contribution < 1.29 is 99.0 Å². The molecule has 396 valence electrons. The van der Waals surface area contributed by atoms with Gasteiger partial charge >= 0.3 is 59.7 Å². The van der Waals surface area contributed by atoms with Crippen molar-refractivity contribution in [1.82, 2.24) is 28.9 Å². The van der Waals surface area contributed by atoms with Crippen LogP contribution in [-0.2, 0) is 86.7 Å². The van der Waals surface area contributed by atoms with Crippen LogP contribution in [0.3, 0.4) is 0 Å². The van der Waals surface area contributed by atoms with Gasteiger partial charge in [0.1, 0.15) is 0 Å². The van der Waals surface area contributed by atoms with Crippen LogP contribution in [0.2, 0.25) is 0 Å². The van der Waals surface area contributed by atoms with E-state index in [1.54, 1.807) is 0 Å². The molecule has 10 N–H and O–H groups in total. The second-order valence-electron chi connectivity index (χ2n) is 15.2. The van der Waals surface area contributed by atoms with Crippen molar-refractivity contribution in [3.63, 3.8) is 0 Å². The number of carboxylic acid groups (broad SMARTS) is 10. The van der Waals surface area contributed by atoms with Crippen molar-refractivity contribution >= 4 is 59.7 Å². The smallest absolute Gasteiger partial charge is 0.328 e. The first-order valence-corrected chi connectivity index (χ1v) is 22.1. The number of fused-ring (bicyclic) bond motifs is 2. The van der Waals surface area contributed by atoms with E-state index >= 15 is 0 Å². The summed E-state index contributed by atoms with van der Waals surface area (Å²) in [6, 6.07) is 1.55. The number of aliphatic carboxylic acids is 10. The van der Waals surface area contributed by atoms with Crippen LogP contribution in [0.25, 0.3) is 0 Å². The largest absolute Gasteiger partial charge is 0.478 e. The Kier molecular flexibility index (Phi) is 31.7. The van der Waals surface area contributed by atoms with E-state index in [4.69, 9.17) is 51.1 Å². The average molecular weight is 1020 g/mol. The molecule has 2 aromatic heterocycles. The molecule has 2 aliphatic heterocycles. The molecule has 4 heterocycles. The van der Waals surface area contributed by atoms with Gasteiger partial charge in [-0.1, -0.05) is 0 Å². The third-order valence-corrected chi connectivity index (χ3v) is 10.2. The maximum atomic E-state index is 9.55. The van der Waals surface area contributed by atoms with Crippen LogP contribution in [0.4, 0.5) is 0 Å². The summed E-state index contributed by atoms with van der Waals surface area (Å²) in [5.74, 6) is -12.6. The lowest BCUT2D eigenvalue weighted by Gasteiger charge is -2.30. The number of carboxylic acids is 10. The van der Waals surface area contributed by atoms with Crippen molar-refractivity contribution in [2.24, 2.45) is 0 Å². The molecule has 0 radical (unpaired) electrons. The van der Waals surface area contributed by atoms with Gasteiger partial charge in [0.05, 0.1) is 24.0 Å². The SMILES string of the molecule is CCn1cnc2c1CCC(N1CCCC1)C2.CCn1cnc2c1CCC(N1CCCC1)C2.O=C(O)/C=C/C(=O)O.O=C(O)/C=C/C(=O)O.O=C(O)/C=C/C(=O)O.O=C(O)/C=C/C(=O)O.O=C(O)/C=C/C(=O)O. The van der Waals surface area contributed by atoms with Gasteiger partial charge in [0.25, 0.3) is 0 Å². The summed E-state index contributed by atoms with van der Waals surface area (Å²) in [4.78, 5) is 110. The molecular weight excluding hydrogens is 957 g/mol. The van der Waals surface area contributed by atoms with Gasteiger partial charge in [0, 0.05) is 110 Å². The highest BCUT2D eigenvalue weighted by Crippen LogP contribution is 2.27. The normalized spacial score (nSPS) is 16.8. The molecule has 2 aliphatic carbocycles. The number of imidazole rings is 2. The minimum absolute atomic E-state index is 0.558. The highest BCUT2D eigenvalue weighted by molar-refractivity contribution is 5.91. The topological polar surface area (TPSA) is 415 Å². The monoisotopic (exact) mass is 1020 g/mol. The Morgan fingerprint density at radius 3 is 0.806 bits per heavy atom. The van der Waals surface area contributed by atoms with Crippen molar-refractivity contribution in [3.8, 4) is 0 Å². The van der Waals surface area contributed by atoms with E-state index in [1.807, 2.05) is 12.7 Å². The predicted octanol–water partition coefficient (Wildman–Crippen LogP) is 2.27. The zero-order valence-corrected chi connectivity index (χ0v) is 39.6. The van der Waals surface area contributed by atoms with Crippen molar-refractivity contribution in [2.45, 2.75) is 103 Å². The number of carbonyl (C=O) groups is 10. The lowest BCUT2D eigenvalue weighted by atomic mass is 9.95. The van der Waals surface area contributed by atoms with Crippen LogP contribution in [0.1, 0.15) is 75.1 Å². The molecule has 2 aromatic rings. The molecule has 2 fully saturated rings. The molecular formula is C46H62N6O20. The number of aromatic nitrogens is 4. The van der Waals surface area contributed by atoms with E-state index in [-0.39, 0.29) is 0 Å². The summed E-state index contributed by atoms with van der Waals surface area (Å²) in [6.07, 6.45) is 22.7. The molecule has 0 amide bonds. The van der Waals surface area contributed by atoms with Gasteiger partial charge in [-0.2, -0.15) is 0 Å². The zero-order chi connectivity index (χ0) is 54.8. The van der Waals surface area contributed by atoms with Gasteiger partial charge < -0.3 is 60.2 Å². The number of hydrogen-bond donors (Lipinski definition) is 10. The highest BCUT2D eigenvalue weighted by atomic mass is 16.4. The first-order valence-electron chi connectivity index (χ1n) is 22.1. The van der Waals surface area contributed by atoms with Crippen LogP contribution in [0.15, 0.2) is 73.4 Å². The molecule has 6 rings (SSSR count). The molecule has 0 bridgehead atoms. The van der Waals surface area contributed by atoms with Gasteiger partial charge in [0.15, 0.2) is 0 Å². The number of likely N-dealkylation sites (tertiary alicyclic amines) is 2. The first-order chi connectivity index (χ1) is 33.9. The van der Waals surface area contributed by atoms with E-state index in [1.165, 1.54) is 113 Å². The third-order valence-electron chi connectivity index (χ3n) is 10.2. The summed E-state index contributed by atoms with van der Waals surface area (Å²) in [5.41, 5.74) is 5.73. The quantitative estimate of drug-likeness (QED) is 0.121. The Morgan fingerprint density at radius 1 is 0.417 bits per heavy atom. The summed E-state index contributed by atoms with van der Waals surface area (Å²) in [6.45, 7) is 11.8. The standard InChI is InChI=1S/2C13H21N3.5C4H4O4/c2*1-2-15-10-14-12-9-11(5-6-13(12)15)16-7-3-4-8-16;5*5-3(6)1-2-4(7)8/h2*10-11H,2-9H2,1H3;5*1-2H,(H,5,6)(H,7,8)/b;;5*2-1+. The van der Waals surface area contributed by atoms with Gasteiger partial charge in [-0.05, 0) is 91.4 Å². The molecule has 2 saturated heterocycles. The second kappa shape index (κ2) is 35.8. The van der Waals surface area contributed by atoms with Crippen LogP contribution < -0.4 is 0 Å². The summed E-state index contributed by atoms with van der Waals surface area (Å²) < 4.78 is 4.63. The van der Waals surface area contributed by atoms with Crippen LogP contribution in [-0.4, -0.2) is 178 Å². The molecule has 0 aromatic carbocycles. The summed E-state index contributed by atoms with van der Waals surface area (Å²) >= 11 is 0. The Morgan fingerprint density at radius 2 is 0.625 bits per heavy atom. The minimum atomic E-state index is -1.26. The Balaban J connectivity index is 0.000000845. The van der Waals surface area contributed by atoms with Crippen LogP contribution >= 0.6 is 0 Å². The van der Waals surface area contributed by atoms with E-state index in [9.17, 15) is 47.9 Å². The van der Waals surface area contributed by atoms with Crippen LogP contribution in [0, 0.1) is 0 Å². The molecule has 72 heavy (non-hydrogen) atoms. The number of hydrogen-bond acceptors (Lipinski definition) is 14. The van der Waals surface area contributed by atoms with Gasteiger partial charge in [-0.15, -0.1) is 0 Å². The fourth-order valence-corrected chi connectivity index (χ4v) is 7.17. The molecule has 0 spiro atoms.